The largest absolute Gasteiger partial charge is 0.356 e. The van der Waals surface area contributed by atoms with E-state index >= 15 is 0 Å². The maximum atomic E-state index is 12.3. The Morgan fingerprint density at radius 2 is 1.91 bits per heavy atom. The molecule has 0 unspecified atom stereocenters. The lowest BCUT2D eigenvalue weighted by Crippen LogP contribution is -2.35. The summed E-state index contributed by atoms with van der Waals surface area (Å²) in [6.07, 6.45) is 6.19. The molecule has 6 heteroatoms. The highest BCUT2D eigenvalue weighted by molar-refractivity contribution is 7.09. The van der Waals surface area contributed by atoms with Crippen molar-refractivity contribution in [1.82, 2.24) is 10.2 Å². The maximum absolute atomic E-state index is 12.3. The highest BCUT2D eigenvalue weighted by Crippen LogP contribution is 2.34. The van der Waals surface area contributed by atoms with Gasteiger partial charge in [0.05, 0.1) is 11.8 Å². The first kappa shape index (κ1) is 15.9. The molecule has 1 aliphatic carbocycles. The molecule has 2 atom stereocenters. The van der Waals surface area contributed by atoms with Gasteiger partial charge in [-0.1, -0.05) is 18.2 Å². The van der Waals surface area contributed by atoms with Crippen molar-refractivity contribution in [1.29, 1.82) is 0 Å². The first-order chi connectivity index (χ1) is 11.2. The van der Waals surface area contributed by atoms with Crippen LogP contribution in [0.1, 0.15) is 24.1 Å². The maximum Gasteiger partial charge on any atom is 0.233 e. The zero-order chi connectivity index (χ0) is 16.2. The first-order valence-electron chi connectivity index (χ1n) is 7.96. The Bertz CT molecular complexity index is 598. The van der Waals surface area contributed by atoms with Gasteiger partial charge in [-0.05, 0) is 30.7 Å². The van der Waals surface area contributed by atoms with Crippen LogP contribution in [0, 0.1) is 11.8 Å². The number of nitrogens with zero attached hydrogens (tertiary/aromatic N) is 1. The number of rotatable bonds is 6. The summed E-state index contributed by atoms with van der Waals surface area (Å²) in [5.41, 5.74) is 0. The van der Waals surface area contributed by atoms with Gasteiger partial charge in [-0.2, -0.15) is 0 Å². The van der Waals surface area contributed by atoms with E-state index in [4.69, 9.17) is 0 Å². The van der Waals surface area contributed by atoms with Crippen molar-refractivity contribution in [3.63, 3.8) is 0 Å². The fourth-order valence-electron chi connectivity index (χ4n) is 3.17. The van der Waals surface area contributed by atoms with Gasteiger partial charge in [0.25, 0.3) is 0 Å². The number of carbonyl (C=O) groups excluding carboxylic acids is 3. The molecule has 5 nitrogen and oxygen atoms in total. The van der Waals surface area contributed by atoms with E-state index in [1.165, 1.54) is 9.78 Å². The lowest BCUT2D eigenvalue weighted by Gasteiger charge is -2.14. The minimum absolute atomic E-state index is 0.115. The molecule has 1 aromatic rings. The van der Waals surface area contributed by atoms with E-state index in [-0.39, 0.29) is 42.5 Å². The third kappa shape index (κ3) is 3.52. The molecular weight excluding hydrogens is 312 g/mol. The molecule has 1 fully saturated rings. The number of thiophene rings is 1. The van der Waals surface area contributed by atoms with Crippen molar-refractivity contribution in [2.45, 2.75) is 25.7 Å². The Morgan fingerprint density at radius 1 is 1.22 bits per heavy atom. The van der Waals surface area contributed by atoms with Gasteiger partial charge in [0.2, 0.25) is 17.7 Å². The molecule has 0 bridgehead atoms. The van der Waals surface area contributed by atoms with Gasteiger partial charge >= 0.3 is 0 Å². The molecule has 1 N–H and O–H groups in total. The molecular formula is C17H20N2O3S. The molecule has 2 aliphatic rings. The average Bonchev–Trinajstić information content (AvgIpc) is 3.15. The summed E-state index contributed by atoms with van der Waals surface area (Å²) in [6.45, 7) is 0.770. The molecule has 122 valence electrons. The number of imide groups is 1. The molecule has 1 aromatic heterocycles. The van der Waals surface area contributed by atoms with Gasteiger partial charge in [-0.3, -0.25) is 19.3 Å². The van der Waals surface area contributed by atoms with E-state index in [1.54, 1.807) is 11.3 Å². The zero-order valence-electron chi connectivity index (χ0n) is 12.9. The summed E-state index contributed by atoms with van der Waals surface area (Å²) >= 11 is 1.67. The van der Waals surface area contributed by atoms with Crippen LogP contribution in [0.5, 0.6) is 0 Å². The van der Waals surface area contributed by atoms with Crippen molar-refractivity contribution < 1.29 is 14.4 Å². The molecule has 3 rings (SSSR count). The monoisotopic (exact) mass is 332 g/mol. The predicted octanol–water partition coefficient (Wildman–Crippen LogP) is 1.75. The van der Waals surface area contributed by atoms with Crippen LogP contribution in [0.4, 0.5) is 0 Å². The van der Waals surface area contributed by atoms with Gasteiger partial charge in [0.1, 0.15) is 0 Å². The minimum Gasteiger partial charge on any atom is -0.356 e. The normalized spacial score (nSPS) is 23.2. The first-order valence-corrected chi connectivity index (χ1v) is 8.84. The van der Waals surface area contributed by atoms with Crippen molar-refractivity contribution in [2.24, 2.45) is 11.8 Å². The number of amides is 3. The second-order valence-corrected chi connectivity index (χ2v) is 6.95. The molecule has 1 saturated heterocycles. The SMILES string of the molecule is O=C(CCN1C(=O)[C@H]2CC=CC[C@H]2C1=O)NCCc1cccs1. The van der Waals surface area contributed by atoms with Gasteiger partial charge < -0.3 is 5.32 Å². The number of nitrogens with one attached hydrogen (secondary N) is 1. The smallest absolute Gasteiger partial charge is 0.233 e. The number of allylic oxidation sites excluding steroid dienone is 2. The summed E-state index contributed by atoms with van der Waals surface area (Å²) in [7, 11) is 0. The second kappa shape index (κ2) is 7.08. The standard InChI is InChI=1S/C17H20N2O3S/c20-15(18-9-7-12-4-3-11-23-12)8-10-19-16(21)13-5-1-2-6-14(13)17(19)22/h1-4,11,13-14H,5-10H2,(H,18,20)/t13-,14+. The van der Waals surface area contributed by atoms with E-state index in [2.05, 4.69) is 5.32 Å². The Labute approximate surface area is 139 Å². The fraction of sp³-hybridized carbons (Fsp3) is 0.471. The molecule has 0 aromatic carbocycles. The van der Waals surface area contributed by atoms with Crippen molar-refractivity contribution in [3.8, 4) is 0 Å². The second-order valence-electron chi connectivity index (χ2n) is 5.91. The number of likely N-dealkylation sites (tertiary alicyclic amines) is 1. The van der Waals surface area contributed by atoms with Crippen LogP contribution in [0.2, 0.25) is 0 Å². The number of carbonyl (C=O) groups is 3. The average molecular weight is 332 g/mol. The molecule has 1 aliphatic heterocycles. The van der Waals surface area contributed by atoms with E-state index in [0.717, 1.165) is 6.42 Å². The Kier molecular flexibility index (Phi) is 4.91. The van der Waals surface area contributed by atoms with Crippen molar-refractivity contribution in [2.75, 3.05) is 13.1 Å². The minimum atomic E-state index is -0.214. The summed E-state index contributed by atoms with van der Waals surface area (Å²) < 4.78 is 0. The van der Waals surface area contributed by atoms with Crippen LogP contribution in [0.15, 0.2) is 29.7 Å². The summed E-state index contributed by atoms with van der Waals surface area (Å²) in [5, 5.41) is 4.85. The molecule has 0 spiro atoms. The Balaban J connectivity index is 1.43. The quantitative estimate of drug-likeness (QED) is 0.637. The Hall–Kier alpha value is -1.95. The molecule has 0 saturated carbocycles. The van der Waals surface area contributed by atoms with Gasteiger partial charge in [0, 0.05) is 24.4 Å². The van der Waals surface area contributed by atoms with Crippen LogP contribution in [-0.4, -0.2) is 35.7 Å². The lowest BCUT2D eigenvalue weighted by atomic mass is 9.85. The highest BCUT2D eigenvalue weighted by Gasteiger charge is 2.46. The zero-order valence-corrected chi connectivity index (χ0v) is 13.7. The van der Waals surface area contributed by atoms with Crippen LogP contribution < -0.4 is 5.32 Å². The third-order valence-electron chi connectivity index (χ3n) is 4.43. The third-order valence-corrected chi connectivity index (χ3v) is 5.37. The van der Waals surface area contributed by atoms with Crippen molar-refractivity contribution in [3.05, 3.63) is 34.5 Å². The van der Waals surface area contributed by atoms with E-state index < -0.39 is 0 Å². The summed E-state index contributed by atoms with van der Waals surface area (Å²) in [4.78, 5) is 38.9. The number of hydrogen-bond donors (Lipinski definition) is 1. The predicted molar refractivity (Wildman–Crippen MR) is 87.7 cm³/mol. The van der Waals surface area contributed by atoms with Crippen LogP contribution in [0.25, 0.3) is 0 Å². The van der Waals surface area contributed by atoms with Crippen LogP contribution in [-0.2, 0) is 20.8 Å². The fourth-order valence-corrected chi connectivity index (χ4v) is 3.88. The van der Waals surface area contributed by atoms with E-state index in [1.807, 2.05) is 29.7 Å². The summed E-state index contributed by atoms with van der Waals surface area (Å²) in [5.74, 6) is -0.773. The van der Waals surface area contributed by atoms with E-state index in [0.29, 0.717) is 19.4 Å². The van der Waals surface area contributed by atoms with Gasteiger partial charge in [-0.25, -0.2) is 0 Å². The molecule has 2 heterocycles. The number of hydrogen-bond acceptors (Lipinski definition) is 4. The Morgan fingerprint density at radius 3 is 2.52 bits per heavy atom. The number of fused-ring (bicyclic) bond motifs is 1. The molecule has 3 amide bonds. The van der Waals surface area contributed by atoms with Crippen LogP contribution >= 0.6 is 11.3 Å². The topological polar surface area (TPSA) is 66.5 Å². The molecule has 0 radical (unpaired) electrons. The lowest BCUT2D eigenvalue weighted by molar-refractivity contribution is -0.140. The summed E-state index contributed by atoms with van der Waals surface area (Å²) in [6, 6.07) is 4.02. The van der Waals surface area contributed by atoms with Gasteiger partial charge in [0.15, 0.2) is 0 Å². The molecule has 23 heavy (non-hydrogen) atoms. The van der Waals surface area contributed by atoms with Gasteiger partial charge in [-0.15, -0.1) is 11.3 Å². The van der Waals surface area contributed by atoms with Crippen LogP contribution in [0.3, 0.4) is 0 Å². The van der Waals surface area contributed by atoms with Crippen molar-refractivity contribution >= 4 is 29.1 Å². The highest BCUT2D eigenvalue weighted by atomic mass is 32.1. The van der Waals surface area contributed by atoms with E-state index in [9.17, 15) is 14.4 Å².